The van der Waals surface area contributed by atoms with Crippen LogP contribution in [-0.2, 0) is 4.74 Å². The summed E-state index contributed by atoms with van der Waals surface area (Å²) in [6, 6.07) is 2.71. The van der Waals surface area contributed by atoms with Crippen molar-refractivity contribution >= 4 is 11.8 Å². The van der Waals surface area contributed by atoms with E-state index in [1.165, 1.54) is 12.1 Å². The van der Waals surface area contributed by atoms with Gasteiger partial charge in [0.1, 0.15) is 5.60 Å². The number of aromatic nitrogens is 1. The van der Waals surface area contributed by atoms with Gasteiger partial charge in [-0.15, -0.1) is 0 Å². The van der Waals surface area contributed by atoms with Crippen LogP contribution in [0.25, 0.3) is 0 Å². The fourth-order valence-electron chi connectivity index (χ4n) is 1.19. The molecule has 0 bridgehead atoms. The zero-order valence-corrected chi connectivity index (χ0v) is 9.90. The van der Waals surface area contributed by atoms with Crippen LogP contribution in [0.15, 0.2) is 16.9 Å². The Morgan fingerprint density at radius 3 is 2.44 bits per heavy atom. The normalized spacial score (nSPS) is 11.2. The van der Waals surface area contributed by atoms with Gasteiger partial charge in [-0.1, -0.05) is 0 Å². The molecule has 2 N–H and O–H groups in total. The summed E-state index contributed by atoms with van der Waals surface area (Å²) >= 11 is 0. The minimum Gasteiger partial charge on any atom is -0.443 e. The summed E-state index contributed by atoms with van der Waals surface area (Å²) in [6.45, 7) is 6.80. The van der Waals surface area contributed by atoms with Crippen molar-refractivity contribution in [2.45, 2.75) is 33.3 Å². The van der Waals surface area contributed by atoms with Gasteiger partial charge in [-0.3, -0.25) is 4.79 Å². The van der Waals surface area contributed by atoms with Crippen LogP contribution in [-0.4, -0.2) is 16.3 Å². The number of carbonyl (C=O) groups is 1. The number of ether oxygens (including phenoxy) is 1. The Bertz CT molecular complexity index is 469. The van der Waals surface area contributed by atoms with Gasteiger partial charge in [0.2, 0.25) is 0 Å². The van der Waals surface area contributed by atoms with Gasteiger partial charge < -0.3 is 10.5 Å². The topological polar surface area (TPSA) is 74.3 Å². The molecule has 0 radical (unpaired) electrons. The molecule has 0 aromatic carbocycles. The van der Waals surface area contributed by atoms with Crippen LogP contribution in [0, 0.1) is 6.92 Å². The number of hydrogen-bond acceptors (Lipinski definition) is 4. The van der Waals surface area contributed by atoms with Gasteiger partial charge in [-0.25, -0.2) is 9.36 Å². The molecule has 0 aliphatic rings. The third-order valence-corrected chi connectivity index (χ3v) is 1.96. The molecule has 5 heteroatoms. The van der Waals surface area contributed by atoms with Crippen LogP contribution in [0.1, 0.15) is 26.5 Å². The van der Waals surface area contributed by atoms with Crippen LogP contribution in [0.3, 0.4) is 0 Å². The maximum Gasteiger partial charge on any atom is 0.421 e. The first-order valence-corrected chi connectivity index (χ1v) is 4.94. The Labute approximate surface area is 93.8 Å². The van der Waals surface area contributed by atoms with Crippen LogP contribution >= 0.6 is 0 Å². The zero-order chi connectivity index (χ0) is 12.5. The second kappa shape index (κ2) is 4.00. The first-order chi connectivity index (χ1) is 7.22. The molecule has 88 valence electrons. The van der Waals surface area contributed by atoms with Gasteiger partial charge in [0.25, 0.3) is 5.56 Å². The molecule has 0 aliphatic carbocycles. The fraction of sp³-hybridized carbons (Fsp3) is 0.455. The number of nitrogens with two attached hydrogens (primary N) is 1. The molecular formula is C11H16N2O3. The van der Waals surface area contributed by atoms with E-state index in [9.17, 15) is 9.59 Å². The van der Waals surface area contributed by atoms with Crippen molar-refractivity contribution in [1.82, 2.24) is 4.57 Å². The summed E-state index contributed by atoms with van der Waals surface area (Å²) < 4.78 is 6.04. The third-order valence-electron chi connectivity index (χ3n) is 1.96. The predicted molar refractivity (Wildman–Crippen MR) is 61.5 cm³/mol. The highest BCUT2D eigenvalue weighted by molar-refractivity contribution is 5.73. The fourth-order valence-corrected chi connectivity index (χ4v) is 1.19. The smallest absolute Gasteiger partial charge is 0.421 e. The molecule has 16 heavy (non-hydrogen) atoms. The van der Waals surface area contributed by atoms with E-state index in [2.05, 4.69) is 0 Å². The number of pyridine rings is 1. The van der Waals surface area contributed by atoms with Gasteiger partial charge in [0, 0.05) is 6.07 Å². The van der Waals surface area contributed by atoms with E-state index in [1.54, 1.807) is 27.7 Å². The second-order valence-corrected chi connectivity index (χ2v) is 4.53. The van der Waals surface area contributed by atoms with Crippen molar-refractivity contribution in [1.29, 1.82) is 0 Å². The minimum atomic E-state index is -0.706. The highest BCUT2D eigenvalue weighted by Crippen LogP contribution is 2.11. The maximum absolute atomic E-state index is 11.7. The molecule has 0 saturated carbocycles. The highest BCUT2D eigenvalue weighted by Gasteiger charge is 2.20. The second-order valence-electron chi connectivity index (χ2n) is 4.53. The first kappa shape index (κ1) is 12.3. The van der Waals surface area contributed by atoms with Crippen LogP contribution in [0.2, 0.25) is 0 Å². The number of nitrogens with zero attached hydrogens (tertiary/aromatic N) is 1. The Morgan fingerprint density at radius 2 is 1.94 bits per heavy atom. The van der Waals surface area contributed by atoms with E-state index in [4.69, 9.17) is 10.5 Å². The van der Waals surface area contributed by atoms with Gasteiger partial charge in [0.15, 0.2) is 0 Å². The monoisotopic (exact) mass is 224 g/mol. The Hall–Kier alpha value is -1.78. The standard InChI is InChI=1S/C11H16N2O3/c1-7-8(12)5-6-9(14)13(7)10(15)16-11(2,3)4/h5-6H,12H2,1-4H3. The van der Waals surface area contributed by atoms with Crippen molar-refractivity contribution in [3.63, 3.8) is 0 Å². The van der Waals surface area contributed by atoms with Crippen LogP contribution in [0.5, 0.6) is 0 Å². The van der Waals surface area contributed by atoms with Gasteiger partial charge in [-0.2, -0.15) is 0 Å². The highest BCUT2D eigenvalue weighted by atomic mass is 16.6. The van der Waals surface area contributed by atoms with Gasteiger partial charge in [0.05, 0.1) is 11.4 Å². The first-order valence-electron chi connectivity index (χ1n) is 4.94. The summed E-state index contributed by atoms with van der Waals surface area (Å²) in [5.74, 6) is 0. The number of carbonyl (C=O) groups excluding carboxylic acids is 1. The Morgan fingerprint density at radius 1 is 1.38 bits per heavy atom. The van der Waals surface area contributed by atoms with E-state index in [1.807, 2.05) is 0 Å². The lowest BCUT2D eigenvalue weighted by Crippen LogP contribution is -2.34. The molecule has 1 aromatic rings. The molecule has 1 heterocycles. The average molecular weight is 224 g/mol. The molecule has 0 unspecified atom stereocenters. The Kier molecular flexibility index (Phi) is 3.07. The summed E-state index contributed by atoms with van der Waals surface area (Å²) in [7, 11) is 0. The van der Waals surface area contributed by atoms with E-state index >= 15 is 0 Å². The van der Waals surface area contributed by atoms with E-state index in [-0.39, 0.29) is 0 Å². The van der Waals surface area contributed by atoms with E-state index in [0.717, 1.165) is 4.57 Å². The molecule has 0 saturated heterocycles. The van der Waals surface area contributed by atoms with Gasteiger partial charge in [-0.05, 0) is 33.8 Å². The van der Waals surface area contributed by atoms with Crippen LogP contribution in [0.4, 0.5) is 10.5 Å². The van der Waals surface area contributed by atoms with Crippen molar-refractivity contribution in [2.24, 2.45) is 0 Å². The number of nitrogen functional groups attached to an aromatic ring is 1. The van der Waals surface area contributed by atoms with Crippen molar-refractivity contribution in [3.8, 4) is 0 Å². The van der Waals surface area contributed by atoms with Crippen molar-refractivity contribution in [3.05, 3.63) is 28.2 Å². The molecular weight excluding hydrogens is 208 g/mol. The van der Waals surface area contributed by atoms with E-state index < -0.39 is 17.3 Å². The molecule has 1 rings (SSSR count). The van der Waals surface area contributed by atoms with E-state index in [0.29, 0.717) is 11.4 Å². The molecule has 0 aliphatic heterocycles. The number of anilines is 1. The lowest BCUT2D eigenvalue weighted by molar-refractivity contribution is 0.0527. The lowest BCUT2D eigenvalue weighted by Gasteiger charge is -2.20. The lowest BCUT2D eigenvalue weighted by atomic mass is 10.2. The summed E-state index contributed by atoms with van der Waals surface area (Å²) in [6.07, 6.45) is -0.706. The third kappa shape index (κ3) is 2.62. The Balaban J connectivity index is 3.19. The quantitative estimate of drug-likeness (QED) is 0.725. The molecule has 0 amide bonds. The molecule has 0 spiro atoms. The largest absolute Gasteiger partial charge is 0.443 e. The summed E-state index contributed by atoms with van der Waals surface area (Å²) in [5, 5.41) is 0. The number of hydrogen-bond donors (Lipinski definition) is 1. The molecule has 5 nitrogen and oxygen atoms in total. The summed E-state index contributed by atoms with van der Waals surface area (Å²) in [5.41, 5.74) is 5.31. The predicted octanol–water partition coefficient (Wildman–Crippen LogP) is 1.52. The average Bonchev–Trinajstić information content (AvgIpc) is 2.09. The van der Waals surface area contributed by atoms with Gasteiger partial charge >= 0.3 is 6.09 Å². The molecule has 0 fully saturated rings. The SMILES string of the molecule is Cc1c(N)ccc(=O)n1C(=O)OC(C)(C)C. The maximum atomic E-state index is 11.7. The van der Waals surface area contributed by atoms with Crippen LogP contribution < -0.4 is 11.3 Å². The molecule has 1 aromatic heterocycles. The number of rotatable bonds is 0. The van der Waals surface area contributed by atoms with Crippen molar-refractivity contribution < 1.29 is 9.53 Å². The minimum absolute atomic E-state index is 0.380. The van der Waals surface area contributed by atoms with Crippen molar-refractivity contribution in [2.75, 3.05) is 5.73 Å². The molecule has 0 atom stereocenters. The summed E-state index contributed by atoms with van der Waals surface area (Å²) in [4.78, 5) is 23.3. The zero-order valence-electron chi connectivity index (χ0n) is 9.90.